The van der Waals surface area contributed by atoms with Crippen molar-refractivity contribution in [2.45, 2.75) is 13.5 Å². The smallest absolute Gasteiger partial charge is 0.265 e. The van der Waals surface area contributed by atoms with E-state index in [0.717, 1.165) is 26.7 Å². The van der Waals surface area contributed by atoms with Gasteiger partial charge in [0.1, 0.15) is 9.88 Å². The average molecular weight is 334 g/mol. The lowest BCUT2D eigenvalue weighted by Crippen LogP contribution is -2.25. The molecule has 3 rings (SSSR count). The second-order valence-corrected chi connectivity index (χ2v) is 7.30. The minimum Gasteiger partial charge on any atom is -0.337 e. The first kappa shape index (κ1) is 14.4. The number of amides is 1. The van der Waals surface area contributed by atoms with E-state index in [1.807, 2.05) is 36.9 Å². The number of carbonyl (C=O) groups is 1. The van der Waals surface area contributed by atoms with Gasteiger partial charge in [-0.1, -0.05) is 0 Å². The maximum Gasteiger partial charge on any atom is 0.265 e. The number of aromatic nitrogens is 1. The second kappa shape index (κ2) is 6.09. The number of aryl methyl sites for hydroxylation is 1. The van der Waals surface area contributed by atoms with Gasteiger partial charge in [0.05, 0.1) is 5.69 Å². The van der Waals surface area contributed by atoms with Crippen LogP contribution in [0.25, 0.3) is 10.6 Å². The maximum atomic E-state index is 12.6. The van der Waals surface area contributed by atoms with Crippen molar-refractivity contribution in [2.75, 3.05) is 7.05 Å². The molecule has 3 aromatic heterocycles. The topological polar surface area (TPSA) is 33.2 Å². The summed E-state index contributed by atoms with van der Waals surface area (Å²) in [5, 5.41) is 9.10. The van der Waals surface area contributed by atoms with Gasteiger partial charge in [-0.3, -0.25) is 4.79 Å². The molecule has 0 fully saturated rings. The van der Waals surface area contributed by atoms with E-state index in [9.17, 15) is 4.79 Å². The van der Waals surface area contributed by atoms with Gasteiger partial charge < -0.3 is 4.90 Å². The van der Waals surface area contributed by atoms with Gasteiger partial charge in [0.2, 0.25) is 0 Å². The minimum atomic E-state index is 0.0395. The molecule has 6 heteroatoms. The highest BCUT2D eigenvalue weighted by atomic mass is 32.1. The first-order chi connectivity index (χ1) is 10.1. The van der Waals surface area contributed by atoms with Crippen LogP contribution >= 0.6 is 34.0 Å². The number of rotatable bonds is 4. The summed E-state index contributed by atoms with van der Waals surface area (Å²) >= 11 is 4.76. The van der Waals surface area contributed by atoms with Gasteiger partial charge in [0.15, 0.2) is 0 Å². The van der Waals surface area contributed by atoms with E-state index >= 15 is 0 Å². The lowest BCUT2D eigenvalue weighted by molar-refractivity contribution is 0.0789. The summed E-state index contributed by atoms with van der Waals surface area (Å²) in [6.07, 6.45) is 0. The maximum absolute atomic E-state index is 12.6. The van der Waals surface area contributed by atoms with Crippen LogP contribution in [0.3, 0.4) is 0 Å². The van der Waals surface area contributed by atoms with Gasteiger partial charge >= 0.3 is 0 Å². The van der Waals surface area contributed by atoms with Crippen LogP contribution in [0, 0.1) is 6.92 Å². The summed E-state index contributed by atoms with van der Waals surface area (Å²) in [7, 11) is 1.84. The van der Waals surface area contributed by atoms with Crippen LogP contribution in [-0.4, -0.2) is 22.8 Å². The number of hydrogen-bond acceptors (Lipinski definition) is 5. The number of thiophene rings is 2. The normalized spacial score (nSPS) is 10.8. The van der Waals surface area contributed by atoms with Crippen molar-refractivity contribution in [3.63, 3.8) is 0 Å². The predicted molar refractivity (Wildman–Crippen MR) is 90.3 cm³/mol. The molecule has 0 aliphatic carbocycles. The third-order valence-corrected chi connectivity index (χ3v) is 5.72. The fourth-order valence-corrected chi connectivity index (χ4v) is 4.44. The molecule has 0 unspecified atom stereocenters. The van der Waals surface area contributed by atoms with Crippen molar-refractivity contribution >= 4 is 39.9 Å². The fourth-order valence-electron chi connectivity index (χ4n) is 2.01. The summed E-state index contributed by atoms with van der Waals surface area (Å²) in [6, 6.07) is 4.08. The Bertz CT molecular complexity index is 729. The molecule has 0 spiro atoms. The molecule has 108 valence electrons. The highest BCUT2D eigenvalue weighted by molar-refractivity contribution is 7.17. The number of nitrogens with zero attached hydrogens (tertiary/aromatic N) is 2. The second-order valence-electron chi connectivity index (χ2n) is 4.74. The quantitative estimate of drug-likeness (QED) is 0.703. The molecule has 3 nitrogen and oxygen atoms in total. The van der Waals surface area contributed by atoms with E-state index in [4.69, 9.17) is 0 Å². The van der Waals surface area contributed by atoms with E-state index in [2.05, 4.69) is 15.7 Å². The molecular formula is C15H14N2OS3. The van der Waals surface area contributed by atoms with Gasteiger partial charge in [0.25, 0.3) is 5.91 Å². The Labute approximate surface area is 135 Å². The Morgan fingerprint density at radius 3 is 2.67 bits per heavy atom. The Kier molecular flexibility index (Phi) is 4.19. The van der Waals surface area contributed by atoms with Crippen molar-refractivity contribution in [1.82, 2.24) is 9.88 Å². The summed E-state index contributed by atoms with van der Waals surface area (Å²) in [6.45, 7) is 2.53. The Morgan fingerprint density at radius 2 is 2.00 bits per heavy atom. The molecule has 3 aromatic rings. The van der Waals surface area contributed by atoms with E-state index in [0.29, 0.717) is 6.54 Å². The molecule has 0 bridgehead atoms. The van der Waals surface area contributed by atoms with E-state index in [-0.39, 0.29) is 5.91 Å². The standard InChI is InChI=1S/C15H14N2OS3/c1-10-13(21-14(16-10)12-4-6-20-9-12)15(18)17(2)7-11-3-5-19-8-11/h3-6,8-9H,7H2,1-2H3. The molecule has 21 heavy (non-hydrogen) atoms. The Hall–Kier alpha value is -1.50. The lowest BCUT2D eigenvalue weighted by atomic mass is 10.3. The molecule has 0 saturated carbocycles. The fraction of sp³-hybridized carbons (Fsp3) is 0.200. The Balaban J connectivity index is 1.81. The Morgan fingerprint density at radius 1 is 1.24 bits per heavy atom. The zero-order valence-electron chi connectivity index (χ0n) is 11.7. The van der Waals surface area contributed by atoms with Gasteiger partial charge in [-0.25, -0.2) is 4.98 Å². The van der Waals surface area contributed by atoms with Crippen LogP contribution in [0.15, 0.2) is 33.7 Å². The van der Waals surface area contributed by atoms with Crippen LogP contribution < -0.4 is 0 Å². The van der Waals surface area contributed by atoms with Crippen LogP contribution in [0.5, 0.6) is 0 Å². The molecule has 0 N–H and O–H groups in total. The van der Waals surface area contributed by atoms with Gasteiger partial charge in [-0.05, 0) is 40.8 Å². The lowest BCUT2D eigenvalue weighted by Gasteiger charge is -2.15. The van der Waals surface area contributed by atoms with E-state index in [1.54, 1.807) is 27.6 Å². The largest absolute Gasteiger partial charge is 0.337 e. The van der Waals surface area contributed by atoms with Crippen LogP contribution in [0.2, 0.25) is 0 Å². The minimum absolute atomic E-state index is 0.0395. The molecular weight excluding hydrogens is 320 g/mol. The molecule has 1 amide bonds. The highest BCUT2D eigenvalue weighted by Gasteiger charge is 2.20. The van der Waals surface area contributed by atoms with Crippen molar-refractivity contribution in [3.05, 3.63) is 49.8 Å². The third kappa shape index (κ3) is 3.07. The highest BCUT2D eigenvalue weighted by Crippen LogP contribution is 2.30. The van der Waals surface area contributed by atoms with E-state index in [1.165, 1.54) is 11.3 Å². The van der Waals surface area contributed by atoms with Crippen LogP contribution in [0.1, 0.15) is 20.9 Å². The van der Waals surface area contributed by atoms with Gasteiger partial charge in [-0.2, -0.15) is 22.7 Å². The van der Waals surface area contributed by atoms with Crippen molar-refractivity contribution < 1.29 is 4.79 Å². The SMILES string of the molecule is Cc1nc(-c2ccsc2)sc1C(=O)N(C)Cc1ccsc1. The zero-order valence-corrected chi connectivity index (χ0v) is 14.1. The first-order valence-electron chi connectivity index (χ1n) is 6.41. The van der Waals surface area contributed by atoms with Crippen molar-refractivity contribution in [2.24, 2.45) is 0 Å². The van der Waals surface area contributed by atoms with Crippen LogP contribution in [-0.2, 0) is 6.54 Å². The molecule has 0 saturated heterocycles. The molecule has 0 aromatic carbocycles. The van der Waals surface area contributed by atoms with Gasteiger partial charge in [-0.15, -0.1) is 11.3 Å². The van der Waals surface area contributed by atoms with Crippen molar-refractivity contribution in [1.29, 1.82) is 0 Å². The molecule has 0 atom stereocenters. The molecule has 0 aliphatic heterocycles. The third-order valence-electron chi connectivity index (χ3n) is 3.11. The monoisotopic (exact) mass is 334 g/mol. The van der Waals surface area contributed by atoms with Crippen LogP contribution in [0.4, 0.5) is 0 Å². The average Bonchev–Trinajstić information content (AvgIpc) is 3.18. The zero-order chi connectivity index (χ0) is 14.8. The summed E-state index contributed by atoms with van der Waals surface area (Å²) in [5.41, 5.74) is 3.06. The molecule has 0 aliphatic rings. The van der Waals surface area contributed by atoms with Gasteiger partial charge in [0, 0.05) is 24.5 Å². The summed E-state index contributed by atoms with van der Waals surface area (Å²) in [5.74, 6) is 0.0395. The van der Waals surface area contributed by atoms with E-state index < -0.39 is 0 Å². The van der Waals surface area contributed by atoms with Crippen molar-refractivity contribution in [3.8, 4) is 10.6 Å². The number of carbonyl (C=O) groups excluding carboxylic acids is 1. The molecule has 3 heterocycles. The summed E-state index contributed by atoms with van der Waals surface area (Å²) in [4.78, 5) is 19.6. The number of hydrogen-bond donors (Lipinski definition) is 0. The predicted octanol–water partition coefficient (Wildman–Crippen LogP) is 4.51. The molecule has 0 radical (unpaired) electrons. The first-order valence-corrected chi connectivity index (χ1v) is 9.12. The number of thiazole rings is 1. The summed E-state index contributed by atoms with van der Waals surface area (Å²) < 4.78 is 0.